The number of aromatic nitrogens is 2. The van der Waals surface area contributed by atoms with E-state index >= 15 is 0 Å². The van der Waals surface area contributed by atoms with E-state index in [1.54, 1.807) is 0 Å². The van der Waals surface area contributed by atoms with Crippen LogP contribution in [0.1, 0.15) is 20.8 Å². The summed E-state index contributed by atoms with van der Waals surface area (Å²) in [5.41, 5.74) is 5.78. The van der Waals surface area contributed by atoms with Crippen molar-refractivity contribution >= 4 is 28.6 Å². The minimum absolute atomic E-state index is 0.0823. The maximum Gasteiger partial charge on any atom is 0.265 e. The maximum atomic E-state index is 12.3. The number of nitrogens with one attached hydrogen (secondary N) is 1. The third kappa shape index (κ3) is 2.94. The molecule has 4 aromatic rings. The van der Waals surface area contributed by atoms with E-state index in [0.29, 0.717) is 4.88 Å². The molecule has 0 radical (unpaired) electrons. The number of aryl methyl sites for hydroxylation is 2. The first-order valence-corrected chi connectivity index (χ1v) is 8.90. The van der Waals surface area contributed by atoms with Gasteiger partial charge in [-0.3, -0.25) is 4.79 Å². The van der Waals surface area contributed by atoms with Crippen molar-refractivity contribution in [3.63, 3.8) is 0 Å². The number of anilines is 1. The molecule has 0 spiro atoms. The average molecular weight is 347 g/mol. The van der Waals surface area contributed by atoms with Gasteiger partial charge >= 0.3 is 0 Å². The summed E-state index contributed by atoms with van der Waals surface area (Å²) in [6, 6.07) is 13.8. The monoisotopic (exact) mass is 347 g/mol. The molecule has 0 atom stereocenters. The van der Waals surface area contributed by atoms with Crippen molar-refractivity contribution in [1.82, 2.24) is 9.38 Å². The van der Waals surface area contributed by atoms with Gasteiger partial charge in [0.15, 0.2) is 0 Å². The fraction of sp³-hybridized carbons (Fsp3) is 0.100. The predicted octanol–water partition coefficient (Wildman–Crippen LogP) is 4.93. The van der Waals surface area contributed by atoms with Crippen LogP contribution in [-0.4, -0.2) is 15.3 Å². The SMILES string of the molecule is Cc1ccc(-c2cn3cccc(C)c3n2)cc1NC(=O)c1cccs1. The number of carbonyl (C=O) groups excluding carboxylic acids is 1. The van der Waals surface area contributed by atoms with Crippen LogP contribution in [0.2, 0.25) is 0 Å². The molecule has 0 aliphatic carbocycles. The zero-order chi connectivity index (χ0) is 17.4. The van der Waals surface area contributed by atoms with Crippen molar-refractivity contribution < 1.29 is 4.79 Å². The fourth-order valence-electron chi connectivity index (χ4n) is 2.80. The minimum Gasteiger partial charge on any atom is -0.321 e. The number of nitrogens with zero attached hydrogens (tertiary/aromatic N) is 2. The molecule has 1 N–H and O–H groups in total. The van der Waals surface area contributed by atoms with Crippen molar-refractivity contribution in [2.45, 2.75) is 13.8 Å². The molecule has 0 saturated carbocycles. The highest BCUT2D eigenvalue weighted by Gasteiger charge is 2.11. The van der Waals surface area contributed by atoms with Crippen LogP contribution in [0.4, 0.5) is 5.69 Å². The first-order valence-electron chi connectivity index (χ1n) is 8.02. The second-order valence-corrected chi connectivity index (χ2v) is 6.96. The Morgan fingerprint density at radius 3 is 2.76 bits per heavy atom. The highest BCUT2D eigenvalue weighted by atomic mass is 32.1. The number of rotatable bonds is 3. The molecule has 1 amide bonds. The first kappa shape index (κ1) is 15.6. The molecule has 3 aromatic heterocycles. The van der Waals surface area contributed by atoms with Gasteiger partial charge in [0.05, 0.1) is 10.6 Å². The Morgan fingerprint density at radius 2 is 2.00 bits per heavy atom. The highest BCUT2D eigenvalue weighted by Crippen LogP contribution is 2.26. The molecular weight excluding hydrogens is 330 g/mol. The quantitative estimate of drug-likeness (QED) is 0.571. The number of imidazole rings is 1. The molecule has 124 valence electrons. The molecule has 25 heavy (non-hydrogen) atoms. The highest BCUT2D eigenvalue weighted by molar-refractivity contribution is 7.12. The second kappa shape index (κ2) is 6.18. The summed E-state index contributed by atoms with van der Waals surface area (Å²) >= 11 is 1.43. The van der Waals surface area contributed by atoms with Gasteiger partial charge in [0, 0.05) is 23.6 Å². The summed E-state index contributed by atoms with van der Waals surface area (Å²) in [4.78, 5) is 17.8. The molecule has 0 aliphatic heterocycles. The topological polar surface area (TPSA) is 46.4 Å². The van der Waals surface area contributed by atoms with Gasteiger partial charge in [-0.25, -0.2) is 4.98 Å². The summed E-state index contributed by atoms with van der Waals surface area (Å²) in [6.45, 7) is 4.04. The van der Waals surface area contributed by atoms with Crippen molar-refractivity contribution in [2.24, 2.45) is 0 Å². The first-order chi connectivity index (χ1) is 12.1. The average Bonchev–Trinajstić information content (AvgIpc) is 3.26. The number of pyridine rings is 1. The summed E-state index contributed by atoms with van der Waals surface area (Å²) in [5, 5.41) is 4.90. The van der Waals surface area contributed by atoms with Gasteiger partial charge in [0.2, 0.25) is 0 Å². The molecule has 0 unspecified atom stereocenters. The lowest BCUT2D eigenvalue weighted by molar-refractivity contribution is 0.103. The van der Waals surface area contributed by atoms with Gasteiger partial charge in [0.1, 0.15) is 5.65 Å². The Balaban J connectivity index is 1.71. The zero-order valence-electron chi connectivity index (χ0n) is 14.0. The van der Waals surface area contributed by atoms with Crippen LogP contribution in [0.3, 0.4) is 0 Å². The van der Waals surface area contributed by atoms with E-state index in [1.165, 1.54) is 11.3 Å². The van der Waals surface area contributed by atoms with E-state index in [-0.39, 0.29) is 5.91 Å². The van der Waals surface area contributed by atoms with Gasteiger partial charge in [-0.1, -0.05) is 24.3 Å². The van der Waals surface area contributed by atoms with Crippen molar-refractivity contribution in [1.29, 1.82) is 0 Å². The standard InChI is InChI=1S/C20H17N3OS/c1-13-7-8-15(11-16(13)22-20(24)18-6-4-10-25-18)17-12-23-9-3-5-14(2)19(23)21-17/h3-12H,1-2H3,(H,22,24). The number of carbonyl (C=O) groups is 1. The molecule has 1 aromatic carbocycles. The van der Waals surface area contributed by atoms with Crippen LogP contribution in [0.15, 0.2) is 60.2 Å². The molecule has 0 aliphatic rings. The van der Waals surface area contributed by atoms with Crippen LogP contribution in [0.25, 0.3) is 16.9 Å². The van der Waals surface area contributed by atoms with Gasteiger partial charge in [-0.15, -0.1) is 11.3 Å². The third-order valence-electron chi connectivity index (χ3n) is 4.20. The maximum absolute atomic E-state index is 12.3. The van der Waals surface area contributed by atoms with E-state index in [2.05, 4.69) is 5.32 Å². The Hall–Kier alpha value is -2.92. The number of hydrogen-bond acceptors (Lipinski definition) is 3. The van der Waals surface area contributed by atoms with Crippen molar-refractivity contribution in [2.75, 3.05) is 5.32 Å². The zero-order valence-corrected chi connectivity index (χ0v) is 14.8. The van der Waals surface area contributed by atoms with Crippen LogP contribution in [0.5, 0.6) is 0 Å². The predicted molar refractivity (Wildman–Crippen MR) is 102 cm³/mol. The lowest BCUT2D eigenvalue weighted by Gasteiger charge is -2.09. The van der Waals surface area contributed by atoms with Gasteiger partial charge < -0.3 is 9.72 Å². The molecule has 3 heterocycles. The summed E-state index contributed by atoms with van der Waals surface area (Å²) < 4.78 is 2.02. The minimum atomic E-state index is -0.0823. The lowest BCUT2D eigenvalue weighted by Crippen LogP contribution is -2.11. The van der Waals surface area contributed by atoms with E-state index in [9.17, 15) is 4.79 Å². The number of amides is 1. The molecule has 5 heteroatoms. The number of benzene rings is 1. The van der Waals surface area contributed by atoms with Crippen molar-refractivity contribution in [3.05, 3.63) is 76.2 Å². The van der Waals surface area contributed by atoms with Gasteiger partial charge in [0.25, 0.3) is 5.91 Å². The van der Waals surface area contributed by atoms with Gasteiger partial charge in [-0.05, 0) is 48.6 Å². The normalized spacial score (nSPS) is 11.0. The number of hydrogen-bond donors (Lipinski definition) is 1. The summed E-state index contributed by atoms with van der Waals surface area (Å²) in [6.07, 6.45) is 4.00. The second-order valence-electron chi connectivity index (χ2n) is 6.01. The Kier molecular flexibility index (Phi) is 3.86. The molecule has 4 nitrogen and oxygen atoms in total. The number of fused-ring (bicyclic) bond motifs is 1. The fourth-order valence-corrected chi connectivity index (χ4v) is 3.42. The van der Waals surface area contributed by atoms with Crippen LogP contribution in [-0.2, 0) is 0 Å². The molecular formula is C20H17N3OS. The summed E-state index contributed by atoms with van der Waals surface area (Å²) in [7, 11) is 0. The van der Waals surface area contributed by atoms with Crippen LogP contribution >= 0.6 is 11.3 Å². The third-order valence-corrected chi connectivity index (χ3v) is 5.07. The smallest absolute Gasteiger partial charge is 0.265 e. The molecule has 0 saturated heterocycles. The van der Waals surface area contributed by atoms with Gasteiger partial charge in [-0.2, -0.15) is 0 Å². The van der Waals surface area contributed by atoms with E-state index in [4.69, 9.17) is 4.98 Å². The van der Waals surface area contributed by atoms with Crippen molar-refractivity contribution in [3.8, 4) is 11.3 Å². The largest absolute Gasteiger partial charge is 0.321 e. The Morgan fingerprint density at radius 1 is 1.12 bits per heavy atom. The van der Waals surface area contributed by atoms with E-state index < -0.39 is 0 Å². The lowest BCUT2D eigenvalue weighted by atomic mass is 10.1. The van der Waals surface area contributed by atoms with Crippen LogP contribution in [0, 0.1) is 13.8 Å². The summed E-state index contributed by atoms with van der Waals surface area (Å²) in [5.74, 6) is -0.0823. The number of thiophene rings is 1. The van der Waals surface area contributed by atoms with E-state index in [1.807, 2.05) is 78.5 Å². The van der Waals surface area contributed by atoms with Crippen LogP contribution < -0.4 is 5.32 Å². The Labute approximate surface area is 149 Å². The molecule has 0 bridgehead atoms. The Bertz CT molecular complexity index is 1060. The van der Waals surface area contributed by atoms with E-state index in [0.717, 1.165) is 33.7 Å². The molecule has 4 rings (SSSR count). The molecule has 0 fully saturated rings.